The van der Waals surface area contributed by atoms with Gasteiger partial charge in [-0.2, -0.15) is 0 Å². The van der Waals surface area contributed by atoms with Crippen LogP contribution in [-0.4, -0.2) is 0 Å². The smallest absolute Gasteiger partial charge is 0.0167 e. The number of hydrogen-bond acceptors (Lipinski definition) is 0. The minimum absolute atomic E-state index is 0.677. The van der Waals surface area contributed by atoms with E-state index >= 15 is 0 Å². The highest BCUT2D eigenvalue weighted by Crippen LogP contribution is 2.23. The second-order valence-electron chi connectivity index (χ2n) is 13.4. The molecule has 2 atom stereocenters. The first kappa shape index (κ1) is 37.9. The van der Waals surface area contributed by atoms with Crippen molar-refractivity contribution in [1.82, 2.24) is 0 Å². The van der Waals surface area contributed by atoms with Gasteiger partial charge in [-0.05, 0) is 77.0 Å². The molecule has 0 amide bonds. The monoisotopic (exact) mass is 578 g/mol. The van der Waals surface area contributed by atoms with Gasteiger partial charge in [-0.25, -0.2) is 0 Å². The molecule has 4 aromatic carbocycles. The second-order valence-corrected chi connectivity index (χ2v) is 13.4. The summed E-state index contributed by atoms with van der Waals surface area (Å²) >= 11 is 0. The summed E-state index contributed by atoms with van der Waals surface area (Å²) in [6.45, 7) is 22.6. The van der Waals surface area contributed by atoms with E-state index in [4.69, 9.17) is 0 Å². The lowest BCUT2D eigenvalue weighted by molar-refractivity contribution is 0.535. The fourth-order valence-electron chi connectivity index (χ4n) is 4.47. The number of rotatable bonds is 9. The summed E-state index contributed by atoms with van der Waals surface area (Å²) in [5.41, 5.74) is 5.80. The zero-order valence-electron chi connectivity index (χ0n) is 29.1. The molecule has 0 aliphatic carbocycles. The molecule has 0 aromatic heterocycles. The largest absolute Gasteiger partial charge is 0.0628 e. The third kappa shape index (κ3) is 18.2. The van der Waals surface area contributed by atoms with Crippen molar-refractivity contribution in [3.63, 3.8) is 0 Å². The summed E-state index contributed by atoms with van der Waals surface area (Å²) < 4.78 is 0. The van der Waals surface area contributed by atoms with Crippen LogP contribution in [0.2, 0.25) is 0 Å². The molecule has 0 saturated heterocycles. The molecule has 0 aliphatic heterocycles. The third-order valence-electron chi connectivity index (χ3n) is 7.99. The molecule has 4 aromatic rings. The van der Waals surface area contributed by atoms with E-state index in [9.17, 15) is 0 Å². The molecular formula is C43H62. The molecule has 234 valence electrons. The molecule has 43 heavy (non-hydrogen) atoms. The Labute approximate surface area is 267 Å². The Morgan fingerprint density at radius 1 is 0.372 bits per heavy atom. The fourth-order valence-corrected chi connectivity index (χ4v) is 4.47. The van der Waals surface area contributed by atoms with E-state index in [0.717, 1.165) is 23.7 Å². The molecule has 0 heterocycles. The first-order valence-corrected chi connectivity index (χ1v) is 16.7. The van der Waals surface area contributed by atoms with Crippen LogP contribution in [0.15, 0.2) is 121 Å². The maximum atomic E-state index is 2.28. The molecule has 4 rings (SSSR count). The third-order valence-corrected chi connectivity index (χ3v) is 7.99. The van der Waals surface area contributed by atoms with Crippen LogP contribution in [0, 0.1) is 23.7 Å². The highest BCUT2D eigenvalue weighted by molar-refractivity contribution is 5.20. The summed E-state index contributed by atoms with van der Waals surface area (Å²) in [5, 5.41) is 0. The average molecular weight is 579 g/mol. The van der Waals surface area contributed by atoms with Crippen LogP contribution in [0.25, 0.3) is 0 Å². The van der Waals surface area contributed by atoms with E-state index in [1.54, 1.807) is 0 Å². The predicted molar refractivity (Wildman–Crippen MR) is 194 cm³/mol. The molecule has 0 spiro atoms. The van der Waals surface area contributed by atoms with Crippen LogP contribution < -0.4 is 0 Å². The molecule has 0 nitrogen and oxygen atoms in total. The van der Waals surface area contributed by atoms with E-state index in [0.29, 0.717) is 11.8 Å². The van der Waals surface area contributed by atoms with Crippen LogP contribution in [0.1, 0.15) is 110 Å². The average Bonchev–Trinajstić information content (AvgIpc) is 3.01. The normalized spacial score (nSPS) is 12.0. The Bertz CT molecular complexity index is 1090. The predicted octanol–water partition coefficient (Wildman–Crippen LogP) is 13.1. The summed E-state index contributed by atoms with van der Waals surface area (Å²) in [6.07, 6.45) is 3.71. The van der Waals surface area contributed by atoms with Crippen LogP contribution >= 0.6 is 0 Å². The lowest BCUT2D eigenvalue weighted by Crippen LogP contribution is -2.00. The van der Waals surface area contributed by atoms with Gasteiger partial charge in [-0.3, -0.25) is 0 Å². The van der Waals surface area contributed by atoms with Gasteiger partial charge in [0.15, 0.2) is 0 Å². The Morgan fingerprint density at radius 3 is 1.00 bits per heavy atom. The summed E-state index contributed by atoms with van der Waals surface area (Å²) in [6, 6.07) is 42.6. The second kappa shape index (κ2) is 22.4. The fraction of sp³-hybridized carbons (Fsp3) is 0.442. The molecule has 0 aliphatic rings. The van der Waals surface area contributed by atoms with E-state index in [1.165, 1.54) is 41.5 Å². The van der Waals surface area contributed by atoms with E-state index in [-0.39, 0.29) is 0 Å². The number of hydrogen-bond donors (Lipinski definition) is 0. The Hall–Kier alpha value is -3.12. The molecule has 0 N–H and O–H groups in total. The molecule has 0 bridgehead atoms. The molecule has 0 fully saturated rings. The minimum Gasteiger partial charge on any atom is -0.0628 e. The zero-order chi connectivity index (χ0) is 32.0. The van der Waals surface area contributed by atoms with Gasteiger partial charge >= 0.3 is 0 Å². The summed E-state index contributed by atoms with van der Waals surface area (Å²) in [4.78, 5) is 0. The minimum atomic E-state index is 0.677. The van der Waals surface area contributed by atoms with Gasteiger partial charge in [0.25, 0.3) is 0 Å². The van der Waals surface area contributed by atoms with Crippen molar-refractivity contribution < 1.29 is 0 Å². The summed E-state index contributed by atoms with van der Waals surface area (Å²) in [5.74, 6) is 4.40. The van der Waals surface area contributed by atoms with E-state index in [1.807, 2.05) is 0 Å². The highest BCUT2D eigenvalue weighted by atomic mass is 14.1. The Kier molecular flexibility index (Phi) is 19.8. The lowest BCUT2D eigenvalue weighted by Gasteiger charge is -2.15. The highest BCUT2D eigenvalue weighted by Gasteiger charge is 2.08. The molecule has 0 saturated carbocycles. The van der Waals surface area contributed by atoms with Gasteiger partial charge < -0.3 is 0 Å². The summed E-state index contributed by atoms with van der Waals surface area (Å²) in [7, 11) is 0. The van der Waals surface area contributed by atoms with Gasteiger partial charge in [-0.15, -0.1) is 0 Å². The molecule has 0 unspecified atom stereocenters. The number of benzene rings is 4. The molecule has 0 radical (unpaired) electrons. The van der Waals surface area contributed by atoms with E-state index < -0.39 is 0 Å². The molecule has 0 heteroatoms. The SMILES string of the molecule is CC(C)CCc1ccccc1.CC(C)Cc1ccccc1.CC(C)[C@@H](C)c1ccccc1.CC(C)[C@H](C)c1ccccc1. The van der Waals surface area contributed by atoms with Crippen molar-refractivity contribution in [2.45, 2.75) is 100 Å². The van der Waals surface area contributed by atoms with Crippen molar-refractivity contribution >= 4 is 0 Å². The topological polar surface area (TPSA) is 0 Å². The standard InChI is InChI=1S/3C11H16.C10H14/c2*1-9(2)10(3)11-7-5-4-6-8-11;1-10(2)8-9-11-6-4-3-5-7-11;1-9(2)8-10-6-4-3-5-7-10/h2*4-10H,1-3H3;3-7,10H,8-9H2,1-2H3;3-7,9H,8H2,1-2H3/t2*10-;;/m10../s1. The van der Waals surface area contributed by atoms with Crippen molar-refractivity contribution in [1.29, 1.82) is 0 Å². The van der Waals surface area contributed by atoms with Gasteiger partial charge in [0.05, 0.1) is 0 Å². The van der Waals surface area contributed by atoms with Crippen molar-refractivity contribution in [2.75, 3.05) is 0 Å². The Morgan fingerprint density at radius 2 is 0.698 bits per heavy atom. The lowest BCUT2D eigenvalue weighted by atomic mass is 9.91. The zero-order valence-corrected chi connectivity index (χ0v) is 29.1. The van der Waals surface area contributed by atoms with Crippen molar-refractivity contribution in [3.8, 4) is 0 Å². The molecular weight excluding hydrogens is 516 g/mol. The van der Waals surface area contributed by atoms with Gasteiger partial charge in [0, 0.05) is 0 Å². The van der Waals surface area contributed by atoms with E-state index in [2.05, 4.69) is 191 Å². The van der Waals surface area contributed by atoms with Gasteiger partial charge in [-0.1, -0.05) is 191 Å². The first-order valence-electron chi connectivity index (χ1n) is 16.7. The van der Waals surface area contributed by atoms with Crippen LogP contribution in [-0.2, 0) is 12.8 Å². The van der Waals surface area contributed by atoms with Crippen LogP contribution in [0.5, 0.6) is 0 Å². The van der Waals surface area contributed by atoms with Crippen molar-refractivity contribution in [2.24, 2.45) is 23.7 Å². The van der Waals surface area contributed by atoms with Gasteiger partial charge in [0.2, 0.25) is 0 Å². The number of aryl methyl sites for hydroxylation is 1. The Balaban J connectivity index is 0.000000287. The maximum Gasteiger partial charge on any atom is -0.0167 e. The first-order chi connectivity index (χ1) is 20.5. The maximum absolute atomic E-state index is 2.28. The quantitative estimate of drug-likeness (QED) is 0.185. The van der Waals surface area contributed by atoms with Crippen LogP contribution in [0.3, 0.4) is 0 Å². The van der Waals surface area contributed by atoms with Crippen molar-refractivity contribution in [3.05, 3.63) is 144 Å². The van der Waals surface area contributed by atoms with Crippen LogP contribution in [0.4, 0.5) is 0 Å². The van der Waals surface area contributed by atoms with Gasteiger partial charge in [0.1, 0.15) is 0 Å².